The van der Waals surface area contributed by atoms with Crippen LogP contribution in [0.5, 0.6) is 0 Å². The number of aliphatic carboxylic acids is 1. The molecule has 0 aliphatic rings. The molecular weight excluding hydrogens is 194 g/mol. The fourth-order valence-corrected chi connectivity index (χ4v) is 1.88. The summed E-state index contributed by atoms with van der Waals surface area (Å²) in [5.74, 6) is -1.18. The maximum Gasteiger partial charge on any atom is 0.119 e. The summed E-state index contributed by atoms with van der Waals surface area (Å²) in [6, 6.07) is 0. The summed E-state index contributed by atoms with van der Waals surface area (Å²) in [4.78, 5) is 10.6. The Morgan fingerprint density at radius 2 is 1.93 bits per heavy atom. The van der Waals surface area contributed by atoms with Crippen LogP contribution in [-0.4, -0.2) is 48.8 Å². The first-order valence-corrected chi connectivity index (χ1v) is 5.41. The van der Waals surface area contributed by atoms with Crippen LogP contribution in [0.1, 0.15) is 32.6 Å². The van der Waals surface area contributed by atoms with E-state index in [9.17, 15) is 15.0 Å². The fourth-order valence-electron chi connectivity index (χ4n) is 1.88. The highest BCUT2D eigenvalue weighted by atomic mass is 16.4. The number of hydrogen-bond acceptors (Lipinski definition) is 3. The molecule has 4 nitrogen and oxygen atoms in total. The molecule has 0 aromatic heterocycles. The molecule has 0 rings (SSSR count). The van der Waals surface area contributed by atoms with Crippen LogP contribution in [0.2, 0.25) is 0 Å². The van der Waals surface area contributed by atoms with Gasteiger partial charge in [-0.2, -0.15) is 0 Å². The van der Waals surface area contributed by atoms with E-state index < -0.39 is 11.6 Å². The van der Waals surface area contributed by atoms with Crippen molar-refractivity contribution in [1.82, 2.24) is 0 Å². The maximum absolute atomic E-state index is 10.6. The van der Waals surface area contributed by atoms with Gasteiger partial charge in [0.2, 0.25) is 0 Å². The van der Waals surface area contributed by atoms with Crippen LogP contribution in [0.3, 0.4) is 0 Å². The first-order chi connectivity index (χ1) is 6.68. The van der Waals surface area contributed by atoms with Crippen LogP contribution in [0.4, 0.5) is 0 Å². The van der Waals surface area contributed by atoms with Gasteiger partial charge >= 0.3 is 0 Å². The van der Waals surface area contributed by atoms with Crippen molar-refractivity contribution in [2.45, 2.75) is 38.2 Å². The molecule has 0 spiro atoms. The summed E-state index contributed by atoms with van der Waals surface area (Å²) in [5.41, 5.74) is -1.13. The lowest BCUT2D eigenvalue weighted by Gasteiger charge is -2.36. The number of unbranched alkanes of at least 4 members (excludes halogenated alkanes) is 1. The number of rotatable bonds is 7. The number of quaternary nitrogens is 1. The number of likely N-dealkylation sites (N-methyl/N-ethyl adjacent to an activating group) is 1. The zero-order valence-electron chi connectivity index (χ0n) is 10.2. The Bertz CT molecular complexity index is 210. The standard InChI is InChI=1S/C11H23NO3/c1-5-6-7-11(15,8-10(13)14)9-12(2,3)4/h15H,5-9H2,1-4H3. The third kappa shape index (κ3) is 7.33. The molecule has 0 amide bonds. The zero-order valence-corrected chi connectivity index (χ0v) is 10.2. The number of carbonyl (C=O) groups excluding carboxylic acids is 1. The van der Waals surface area contributed by atoms with Crippen LogP contribution in [0.25, 0.3) is 0 Å². The molecule has 0 saturated heterocycles. The predicted octanol–water partition coefficient (Wildman–Crippen LogP) is -0.246. The molecule has 0 aliphatic carbocycles. The van der Waals surface area contributed by atoms with Gasteiger partial charge in [0, 0.05) is 12.4 Å². The Morgan fingerprint density at radius 1 is 1.40 bits per heavy atom. The number of hydrogen-bond donors (Lipinski definition) is 1. The number of nitrogens with zero attached hydrogens (tertiary/aromatic N) is 1. The quantitative estimate of drug-likeness (QED) is 0.598. The molecule has 0 heterocycles. The maximum atomic E-state index is 10.6. The third-order valence-corrected chi connectivity index (χ3v) is 2.24. The molecule has 15 heavy (non-hydrogen) atoms. The van der Waals surface area contributed by atoms with Crippen molar-refractivity contribution in [3.05, 3.63) is 0 Å². The van der Waals surface area contributed by atoms with Gasteiger partial charge in [0.1, 0.15) is 12.1 Å². The van der Waals surface area contributed by atoms with E-state index >= 15 is 0 Å². The van der Waals surface area contributed by atoms with Gasteiger partial charge in [0.05, 0.1) is 21.1 Å². The van der Waals surface area contributed by atoms with E-state index in [1.54, 1.807) is 0 Å². The summed E-state index contributed by atoms with van der Waals surface area (Å²) in [6.07, 6.45) is 2.03. The van der Waals surface area contributed by atoms with Crippen molar-refractivity contribution < 1.29 is 19.5 Å². The molecule has 0 fully saturated rings. The number of carboxylic acid groups (broad SMARTS) is 1. The molecule has 4 heteroatoms. The molecule has 0 radical (unpaired) electrons. The van der Waals surface area contributed by atoms with Crippen LogP contribution < -0.4 is 5.11 Å². The Labute approximate surface area is 92.1 Å². The van der Waals surface area contributed by atoms with E-state index in [2.05, 4.69) is 0 Å². The van der Waals surface area contributed by atoms with E-state index in [1.807, 2.05) is 28.1 Å². The Morgan fingerprint density at radius 3 is 2.27 bits per heavy atom. The molecule has 0 saturated carbocycles. The lowest BCUT2D eigenvalue weighted by Crippen LogP contribution is -2.51. The lowest BCUT2D eigenvalue weighted by molar-refractivity contribution is -0.877. The normalized spacial score (nSPS) is 16.1. The van der Waals surface area contributed by atoms with Crippen molar-refractivity contribution in [3.8, 4) is 0 Å². The number of carboxylic acids is 1. The highest BCUT2D eigenvalue weighted by molar-refractivity contribution is 5.65. The summed E-state index contributed by atoms with van der Waals surface area (Å²) in [7, 11) is 5.81. The zero-order chi connectivity index (χ0) is 12.1. The first-order valence-electron chi connectivity index (χ1n) is 5.41. The minimum Gasteiger partial charge on any atom is -0.550 e. The summed E-state index contributed by atoms with van der Waals surface area (Å²) >= 11 is 0. The molecule has 0 aromatic rings. The minimum atomic E-state index is -1.18. The van der Waals surface area contributed by atoms with Gasteiger partial charge in [0.15, 0.2) is 0 Å². The van der Waals surface area contributed by atoms with Crippen LogP contribution >= 0.6 is 0 Å². The topological polar surface area (TPSA) is 60.4 Å². The minimum absolute atomic E-state index is 0.275. The Balaban J connectivity index is 4.46. The Hall–Kier alpha value is -0.610. The molecule has 0 aromatic carbocycles. The second-order valence-electron chi connectivity index (χ2n) is 5.33. The number of carbonyl (C=O) groups is 1. The van der Waals surface area contributed by atoms with Crippen LogP contribution in [0, 0.1) is 0 Å². The Kier molecular flexibility index (Phi) is 5.24. The second kappa shape index (κ2) is 5.47. The van der Waals surface area contributed by atoms with Crippen molar-refractivity contribution in [2.75, 3.05) is 27.7 Å². The first kappa shape index (κ1) is 14.4. The second-order valence-corrected chi connectivity index (χ2v) is 5.33. The van der Waals surface area contributed by atoms with Crippen molar-refractivity contribution >= 4 is 5.97 Å². The van der Waals surface area contributed by atoms with E-state index in [0.29, 0.717) is 17.4 Å². The van der Waals surface area contributed by atoms with E-state index in [-0.39, 0.29) is 6.42 Å². The highest BCUT2D eigenvalue weighted by Gasteiger charge is 2.32. The molecule has 90 valence electrons. The average Bonchev–Trinajstić information content (AvgIpc) is 1.95. The van der Waals surface area contributed by atoms with Crippen LogP contribution in [-0.2, 0) is 4.79 Å². The molecule has 1 N–H and O–H groups in total. The van der Waals surface area contributed by atoms with Crippen molar-refractivity contribution in [1.29, 1.82) is 0 Å². The highest BCUT2D eigenvalue weighted by Crippen LogP contribution is 2.21. The van der Waals surface area contributed by atoms with Crippen molar-refractivity contribution in [2.24, 2.45) is 0 Å². The fraction of sp³-hybridized carbons (Fsp3) is 0.909. The van der Waals surface area contributed by atoms with Gasteiger partial charge in [-0.05, 0) is 6.42 Å². The molecule has 0 bridgehead atoms. The van der Waals surface area contributed by atoms with Gasteiger partial charge in [0.25, 0.3) is 0 Å². The van der Waals surface area contributed by atoms with E-state index in [1.165, 1.54) is 0 Å². The van der Waals surface area contributed by atoms with Crippen LogP contribution in [0.15, 0.2) is 0 Å². The smallest absolute Gasteiger partial charge is 0.119 e. The van der Waals surface area contributed by atoms with Gasteiger partial charge in [-0.3, -0.25) is 0 Å². The summed E-state index contributed by atoms with van der Waals surface area (Å²) in [5, 5.41) is 20.8. The van der Waals surface area contributed by atoms with Gasteiger partial charge in [-0.15, -0.1) is 0 Å². The monoisotopic (exact) mass is 217 g/mol. The number of aliphatic hydroxyl groups is 1. The third-order valence-electron chi connectivity index (χ3n) is 2.24. The molecule has 0 aliphatic heterocycles. The predicted molar refractivity (Wildman–Crippen MR) is 57.0 cm³/mol. The van der Waals surface area contributed by atoms with Gasteiger partial charge < -0.3 is 19.5 Å². The molecule has 1 unspecified atom stereocenters. The van der Waals surface area contributed by atoms with Gasteiger partial charge in [-0.1, -0.05) is 19.8 Å². The summed E-state index contributed by atoms with van der Waals surface area (Å²) < 4.78 is 0.549. The van der Waals surface area contributed by atoms with Gasteiger partial charge in [-0.25, -0.2) is 0 Å². The SMILES string of the molecule is CCCCC(O)(CC(=O)[O-])C[N+](C)(C)C. The average molecular weight is 217 g/mol. The van der Waals surface area contributed by atoms with E-state index in [4.69, 9.17) is 0 Å². The van der Waals surface area contributed by atoms with Crippen molar-refractivity contribution in [3.63, 3.8) is 0 Å². The molecule has 1 atom stereocenters. The largest absolute Gasteiger partial charge is 0.550 e. The molecular formula is C11H23NO3. The van der Waals surface area contributed by atoms with E-state index in [0.717, 1.165) is 12.8 Å². The lowest BCUT2D eigenvalue weighted by atomic mass is 9.92. The summed E-state index contributed by atoms with van der Waals surface area (Å²) in [6.45, 7) is 2.45.